The molecule has 8 nitrogen and oxygen atoms in total. The summed E-state index contributed by atoms with van der Waals surface area (Å²) in [6, 6.07) is 6.03. The molecule has 0 aromatic heterocycles. The number of amides is 3. The number of carbonyl (C=O) groups is 2. The molecule has 2 saturated heterocycles. The van der Waals surface area contributed by atoms with Gasteiger partial charge in [-0.2, -0.15) is 0 Å². The van der Waals surface area contributed by atoms with Crippen LogP contribution in [-0.2, 0) is 11.2 Å². The number of urea groups is 1. The van der Waals surface area contributed by atoms with Crippen LogP contribution in [0.1, 0.15) is 56.9 Å². The van der Waals surface area contributed by atoms with Gasteiger partial charge in [-0.3, -0.25) is 9.79 Å². The van der Waals surface area contributed by atoms with Crippen LogP contribution in [0.5, 0.6) is 5.75 Å². The van der Waals surface area contributed by atoms with E-state index in [0.29, 0.717) is 18.2 Å². The molecule has 39 heavy (non-hydrogen) atoms. The van der Waals surface area contributed by atoms with E-state index in [9.17, 15) is 9.59 Å². The second-order valence-corrected chi connectivity index (χ2v) is 11.7. The molecule has 5 aliphatic rings. The van der Waals surface area contributed by atoms with Gasteiger partial charge in [-0.05, 0) is 73.8 Å². The van der Waals surface area contributed by atoms with Crippen molar-refractivity contribution in [2.75, 3.05) is 45.2 Å². The van der Waals surface area contributed by atoms with E-state index in [-0.39, 0.29) is 18.0 Å². The van der Waals surface area contributed by atoms with Crippen molar-refractivity contribution in [2.45, 2.75) is 63.8 Å². The van der Waals surface area contributed by atoms with Crippen molar-refractivity contribution in [1.29, 1.82) is 0 Å². The van der Waals surface area contributed by atoms with E-state index >= 15 is 0 Å². The Morgan fingerprint density at radius 2 is 1.85 bits per heavy atom. The average molecular weight is 532 g/mol. The number of methoxy groups -OCH3 is 1. The molecule has 0 radical (unpaired) electrons. The second kappa shape index (κ2) is 11.4. The molecule has 6 rings (SSSR count). The van der Waals surface area contributed by atoms with Crippen LogP contribution >= 0.6 is 0 Å². The predicted octanol–water partition coefficient (Wildman–Crippen LogP) is 4.83. The van der Waals surface area contributed by atoms with E-state index in [2.05, 4.69) is 26.2 Å². The number of nitrogens with zero attached hydrogens (tertiary/aromatic N) is 4. The Morgan fingerprint density at radius 3 is 2.67 bits per heavy atom. The first-order valence-corrected chi connectivity index (χ1v) is 14.8. The Balaban J connectivity index is 1.07. The number of fused-ring (bicyclic) bond motifs is 2. The van der Waals surface area contributed by atoms with E-state index in [4.69, 9.17) is 4.74 Å². The molecule has 1 saturated carbocycles. The number of anilines is 1. The molecule has 4 heterocycles. The first-order valence-electron chi connectivity index (χ1n) is 14.8. The number of likely N-dealkylation sites (tertiary alicyclic amines) is 2. The SMILES string of the molecule is COc1ccc2c(c1)CCN(C1CCN(C3=CC(C(=O)N4CCC5CCCCC5C4)=NC=CC3)CC1)C(=O)N2. The molecule has 4 aliphatic heterocycles. The molecule has 0 spiro atoms. The Kier molecular flexibility index (Phi) is 7.62. The highest BCUT2D eigenvalue weighted by Crippen LogP contribution is 2.36. The first-order chi connectivity index (χ1) is 19.1. The summed E-state index contributed by atoms with van der Waals surface area (Å²) < 4.78 is 5.37. The summed E-state index contributed by atoms with van der Waals surface area (Å²) in [4.78, 5) is 37.6. The highest BCUT2D eigenvalue weighted by atomic mass is 16.5. The van der Waals surface area contributed by atoms with Gasteiger partial charge in [-0.25, -0.2) is 4.79 Å². The molecule has 8 heteroatoms. The van der Waals surface area contributed by atoms with Crippen LogP contribution in [0.4, 0.5) is 10.5 Å². The molecule has 1 aliphatic carbocycles. The molecule has 3 amide bonds. The van der Waals surface area contributed by atoms with Crippen LogP contribution in [0, 0.1) is 11.8 Å². The predicted molar refractivity (Wildman–Crippen MR) is 153 cm³/mol. The van der Waals surface area contributed by atoms with Crippen molar-refractivity contribution < 1.29 is 14.3 Å². The third-order valence-corrected chi connectivity index (χ3v) is 9.50. The quantitative estimate of drug-likeness (QED) is 0.604. The molecule has 1 aromatic carbocycles. The monoisotopic (exact) mass is 531 g/mol. The zero-order valence-electron chi connectivity index (χ0n) is 23.1. The number of rotatable bonds is 4. The lowest BCUT2D eigenvalue weighted by molar-refractivity contribution is -0.127. The van der Waals surface area contributed by atoms with Crippen molar-refractivity contribution in [1.82, 2.24) is 14.7 Å². The van der Waals surface area contributed by atoms with Crippen molar-refractivity contribution in [3.05, 3.63) is 47.8 Å². The van der Waals surface area contributed by atoms with Gasteiger partial charge in [0.2, 0.25) is 0 Å². The van der Waals surface area contributed by atoms with E-state index in [1.165, 1.54) is 25.7 Å². The fourth-order valence-electron chi connectivity index (χ4n) is 7.21. The Labute approximate surface area is 231 Å². The van der Waals surface area contributed by atoms with Crippen LogP contribution in [0.15, 0.2) is 47.2 Å². The van der Waals surface area contributed by atoms with Gasteiger partial charge in [0.25, 0.3) is 5.91 Å². The Bertz CT molecular complexity index is 1180. The van der Waals surface area contributed by atoms with Crippen LogP contribution in [-0.4, -0.2) is 78.2 Å². The molecule has 2 atom stereocenters. The summed E-state index contributed by atoms with van der Waals surface area (Å²) in [7, 11) is 1.67. The number of nitrogens with one attached hydrogen (secondary N) is 1. The van der Waals surface area contributed by atoms with Crippen molar-refractivity contribution in [2.24, 2.45) is 16.8 Å². The van der Waals surface area contributed by atoms with Gasteiger partial charge in [-0.15, -0.1) is 0 Å². The lowest BCUT2D eigenvalue weighted by Crippen LogP contribution is -2.49. The third kappa shape index (κ3) is 5.56. The smallest absolute Gasteiger partial charge is 0.322 e. The number of carbonyl (C=O) groups excluding carboxylic acids is 2. The van der Waals surface area contributed by atoms with E-state index in [0.717, 1.165) is 86.9 Å². The molecule has 208 valence electrons. The summed E-state index contributed by atoms with van der Waals surface area (Å²) >= 11 is 0. The van der Waals surface area contributed by atoms with E-state index in [1.807, 2.05) is 29.2 Å². The van der Waals surface area contributed by atoms with Crippen LogP contribution < -0.4 is 10.1 Å². The largest absolute Gasteiger partial charge is 0.497 e. The standard InChI is InChI=1S/C31H41N5O3/c1-39-27-8-9-28-23(19-27)11-18-36(31(38)33-28)25-12-16-34(17-13-25)26-7-4-14-32-29(20-26)30(37)35-15-10-22-5-2-3-6-24(22)21-35/h4,8-9,14,19-20,22,24-25H,2-3,5-7,10-13,15-18,21H2,1H3,(H,33,38). The first kappa shape index (κ1) is 26.0. The van der Waals surface area contributed by atoms with Gasteiger partial charge in [0.05, 0.1) is 7.11 Å². The Hall–Kier alpha value is -3.29. The topological polar surface area (TPSA) is 77.5 Å². The average Bonchev–Trinajstić information content (AvgIpc) is 3.33. The molecular weight excluding hydrogens is 490 g/mol. The summed E-state index contributed by atoms with van der Waals surface area (Å²) in [5.41, 5.74) is 3.71. The van der Waals surface area contributed by atoms with Gasteiger partial charge in [0.15, 0.2) is 0 Å². The number of piperidine rings is 2. The summed E-state index contributed by atoms with van der Waals surface area (Å²) in [5, 5.41) is 3.11. The maximum Gasteiger partial charge on any atom is 0.322 e. The van der Waals surface area contributed by atoms with Gasteiger partial charge in [-0.1, -0.05) is 25.3 Å². The lowest BCUT2D eigenvalue weighted by atomic mass is 9.75. The molecule has 3 fully saturated rings. The number of allylic oxidation sites excluding steroid dienone is 1. The zero-order chi connectivity index (χ0) is 26.8. The number of aliphatic imine (C=N–C) groups is 1. The highest BCUT2D eigenvalue weighted by molar-refractivity contribution is 6.43. The summed E-state index contributed by atoms with van der Waals surface area (Å²) in [5.74, 6) is 2.35. The fraction of sp³-hybridized carbons (Fsp3) is 0.581. The maximum atomic E-state index is 13.5. The third-order valence-electron chi connectivity index (χ3n) is 9.50. The number of ether oxygens (including phenoxy) is 1. The van der Waals surface area contributed by atoms with Crippen molar-refractivity contribution in [3.63, 3.8) is 0 Å². The van der Waals surface area contributed by atoms with E-state index < -0.39 is 0 Å². The van der Waals surface area contributed by atoms with Crippen LogP contribution in [0.25, 0.3) is 0 Å². The van der Waals surface area contributed by atoms with Gasteiger partial charge in [0.1, 0.15) is 11.5 Å². The second-order valence-electron chi connectivity index (χ2n) is 11.7. The van der Waals surface area contributed by atoms with E-state index in [1.54, 1.807) is 13.3 Å². The summed E-state index contributed by atoms with van der Waals surface area (Å²) in [6.45, 7) is 4.17. The number of hydrogen-bond acceptors (Lipinski definition) is 5. The molecular formula is C31H41N5O3. The number of hydrogen-bond donors (Lipinski definition) is 1. The maximum absolute atomic E-state index is 13.5. The van der Waals surface area contributed by atoms with Gasteiger partial charge in [0, 0.05) is 62.8 Å². The molecule has 1 aromatic rings. The Morgan fingerprint density at radius 1 is 1.03 bits per heavy atom. The van der Waals surface area contributed by atoms with Gasteiger partial charge < -0.3 is 24.8 Å². The van der Waals surface area contributed by atoms with Crippen LogP contribution in [0.3, 0.4) is 0 Å². The lowest BCUT2D eigenvalue weighted by Gasteiger charge is -2.41. The molecule has 2 unspecified atom stereocenters. The molecule has 1 N–H and O–H groups in total. The normalized spacial score (nSPS) is 26.0. The minimum Gasteiger partial charge on any atom is -0.497 e. The van der Waals surface area contributed by atoms with Crippen LogP contribution in [0.2, 0.25) is 0 Å². The van der Waals surface area contributed by atoms with Crippen molar-refractivity contribution >= 4 is 23.3 Å². The van der Waals surface area contributed by atoms with Crippen molar-refractivity contribution in [3.8, 4) is 5.75 Å². The minimum absolute atomic E-state index is 0.0178. The van der Waals surface area contributed by atoms with Gasteiger partial charge >= 0.3 is 6.03 Å². The number of benzene rings is 1. The summed E-state index contributed by atoms with van der Waals surface area (Å²) in [6.07, 6.45) is 15.6. The molecule has 0 bridgehead atoms. The minimum atomic E-state index is -0.0178. The highest BCUT2D eigenvalue weighted by Gasteiger charge is 2.35. The zero-order valence-corrected chi connectivity index (χ0v) is 23.1. The fourth-order valence-corrected chi connectivity index (χ4v) is 7.21.